The summed E-state index contributed by atoms with van der Waals surface area (Å²) < 4.78 is 0. The van der Waals surface area contributed by atoms with Crippen molar-refractivity contribution in [3.8, 4) is 0 Å². The molecule has 11 heavy (non-hydrogen) atoms. The van der Waals surface area contributed by atoms with Gasteiger partial charge < -0.3 is 4.79 Å². The van der Waals surface area contributed by atoms with Crippen molar-refractivity contribution in [3.63, 3.8) is 0 Å². The minimum atomic E-state index is 0.213. The average Bonchev–Trinajstić information content (AvgIpc) is 2.33. The number of carbonyl (C=O) groups excluding carboxylic acids is 2. The highest BCUT2D eigenvalue weighted by molar-refractivity contribution is 5.77. The first-order chi connectivity index (χ1) is 5.29. The second kappa shape index (κ2) is 3.46. The van der Waals surface area contributed by atoms with Crippen LogP contribution in [0.3, 0.4) is 0 Å². The lowest BCUT2D eigenvalue weighted by Gasteiger charge is -2.04. The molecule has 0 spiro atoms. The number of hydrogen-bond donors (Lipinski definition) is 0. The molecule has 0 aromatic heterocycles. The van der Waals surface area contributed by atoms with E-state index < -0.39 is 0 Å². The van der Waals surface area contributed by atoms with E-state index in [0.717, 1.165) is 36.6 Å². The molecule has 0 saturated carbocycles. The summed E-state index contributed by atoms with van der Waals surface area (Å²) in [6, 6.07) is 0. The van der Waals surface area contributed by atoms with E-state index in [9.17, 15) is 9.59 Å². The summed E-state index contributed by atoms with van der Waals surface area (Å²) >= 11 is 0. The molecule has 0 unspecified atom stereocenters. The van der Waals surface area contributed by atoms with Crippen LogP contribution in [0.25, 0.3) is 0 Å². The number of rotatable bonds is 3. The molecule has 0 N–H and O–H groups in total. The van der Waals surface area contributed by atoms with Gasteiger partial charge in [-0.1, -0.05) is 5.57 Å². The normalized spacial score (nSPS) is 23.9. The van der Waals surface area contributed by atoms with Gasteiger partial charge in [0.2, 0.25) is 0 Å². The van der Waals surface area contributed by atoms with Crippen LogP contribution in [0, 0.1) is 5.92 Å². The molecule has 0 heterocycles. The van der Waals surface area contributed by atoms with Gasteiger partial charge in [0, 0.05) is 6.42 Å². The highest BCUT2D eigenvalue weighted by atomic mass is 16.1. The third-order valence-electron chi connectivity index (χ3n) is 2.31. The van der Waals surface area contributed by atoms with Crippen LogP contribution >= 0.6 is 0 Å². The predicted octanol–water partition coefficient (Wildman–Crippen LogP) is 1.50. The molecule has 0 aromatic rings. The van der Waals surface area contributed by atoms with E-state index in [0.29, 0.717) is 6.42 Å². The van der Waals surface area contributed by atoms with E-state index in [1.165, 1.54) is 0 Å². The van der Waals surface area contributed by atoms with Crippen molar-refractivity contribution >= 4 is 12.6 Å². The Labute approximate surface area is 66.3 Å². The first kappa shape index (κ1) is 8.18. The summed E-state index contributed by atoms with van der Waals surface area (Å²) in [6.45, 7) is 1.97. The standard InChI is InChI=1S/C9H12O2/c1-7-2-3-8(4-5-10)9(7)6-11/h5-6,8H,2-4H2,1H3/t8-/m0/s1. The fourth-order valence-electron chi connectivity index (χ4n) is 1.60. The second-order valence-corrected chi connectivity index (χ2v) is 2.99. The molecule has 0 saturated heterocycles. The Morgan fingerprint density at radius 2 is 2.27 bits per heavy atom. The molecular formula is C9H12O2. The van der Waals surface area contributed by atoms with E-state index in [2.05, 4.69) is 0 Å². The van der Waals surface area contributed by atoms with Crippen molar-refractivity contribution in [1.82, 2.24) is 0 Å². The van der Waals surface area contributed by atoms with Gasteiger partial charge in [0.05, 0.1) is 0 Å². The van der Waals surface area contributed by atoms with Crippen molar-refractivity contribution in [3.05, 3.63) is 11.1 Å². The van der Waals surface area contributed by atoms with Gasteiger partial charge in [0.15, 0.2) is 0 Å². The van der Waals surface area contributed by atoms with Gasteiger partial charge in [0.25, 0.3) is 0 Å². The zero-order valence-electron chi connectivity index (χ0n) is 6.67. The molecule has 0 bridgehead atoms. The molecule has 2 nitrogen and oxygen atoms in total. The van der Waals surface area contributed by atoms with Crippen LogP contribution in [0.5, 0.6) is 0 Å². The summed E-state index contributed by atoms with van der Waals surface area (Å²) in [5.41, 5.74) is 2.02. The minimum absolute atomic E-state index is 0.213. The molecule has 60 valence electrons. The summed E-state index contributed by atoms with van der Waals surface area (Å²) in [5, 5.41) is 0. The van der Waals surface area contributed by atoms with Crippen molar-refractivity contribution in [2.24, 2.45) is 5.92 Å². The van der Waals surface area contributed by atoms with E-state index in [4.69, 9.17) is 0 Å². The monoisotopic (exact) mass is 152 g/mol. The molecule has 0 amide bonds. The van der Waals surface area contributed by atoms with Crippen LogP contribution in [-0.2, 0) is 9.59 Å². The summed E-state index contributed by atoms with van der Waals surface area (Å²) in [6.07, 6.45) is 4.25. The fourth-order valence-corrected chi connectivity index (χ4v) is 1.60. The third-order valence-corrected chi connectivity index (χ3v) is 2.31. The molecule has 1 aliphatic carbocycles. The van der Waals surface area contributed by atoms with E-state index >= 15 is 0 Å². The van der Waals surface area contributed by atoms with E-state index in [1.54, 1.807) is 0 Å². The van der Waals surface area contributed by atoms with Gasteiger partial charge in [-0.05, 0) is 31.3 Å². The topological polar surface area (TPSA) is 34.1 Å². The van der Waals surface area contributed by atoms with Crippen molar-refractivity contribution in [1.29, 1.82) is 0 Å². The highest BCUT2D eigenvalue weighted by Crippen LogP contribution is 2.31. The molecule has 1 rings (SSSR count). The molecule has 1 atom stereocenters. The quantitative estimate of drug-likeness (QED) is 0.574. The minimum Gasteiger partial charge on any atom is -0.303 e. The number of allylic oxidation sites excluding steroid dienone is 2. The molecule has 2 heteroatoms. The van der Waals surface area contributed by atoms with Gasteiger partial charge in [-0.2, -0.15) is 0 Å². The molecule has 0 aliphatic heterocycles. The first-order valence-corrected chi connectivity index (χ1v) is 3.88. The lowest BCUT2D eigenvalue weighted by molar-refractivity contribution is -0.108. The Bertz CT molecular complexity index is 204. The first-order valence-electron chi connectivity index (χ1n) is 3.88. The Morgan fingerprint density at radius 1 is 1.55 bits per heavy atom. The van der Waals surface area contributed by atoms with Crippen LogP contribution in [0.4, 0.5) is 0 Å². The lowest BCUT2D eigenvalue weighted by atomic mass is 9.99. The lowest BCUT2D eigenvalue weighted by Crippen LogP contribution is -2.01. The maximum atomic E-state index is 10.5. The van der Waals surface area contributed by atoms with Crippen LogP contribution in [0.2, 0.25) is 0 Å². The largest absolute Gasteiger partial charge is 0.303 e. The van der Waals surface area contributed by atoms with Gasteiger partial charge >= 0.3 is 0 Å². The van der Waals surface area contributed by atoms with Crippen molar-refractivity contribution < 1.29 is 9.59 Å². The molecule has 0 aromatic carbocycles. The predicted molar refractivity (Wildman–Crippen MR) is 42.2 cm³/mol. The fraction of sp³-hybridized carbons (Fsp3) is 0.556. The van der Waals surface area contributed by atoms with E-state index in [1.807, 2.05) is 6.92 Å². The third kappa shape index (κ3) is 1.56. The molecule has 0 radical (unpaired) electrons. The average molecular weight is 152 g/mol. The summed E-state index contributed by atoms with van der Waals surface area (Å²) in [5.74, 6) is 0.213. The number of carbonyl (C=O) groups is 2. The van der Waals surface area contributed by atoms with Crippen LogP contribution in [-0.4, -0.2) is 12.6 Å². The smallest absolute Gasteiger partial charge is 0.146 e. The van der Waals surface area contributed by atoms with Gasteiger partial charge in [-0.25, -0.2) is 0 Å². The van der Waals surface area contributed by atoms with Crippen LogP contribution in [0.15, 0.2) is 11.1 Å². The van der Waals surface area contributed by atoms with Gasteiger partial charge in [0.1, 0.15) is 12.6 Å². The molecule has 1 aliphatic rings. The van der Waals surface area contributed by atoms with Gasteiger partial charge in [-0.3, -0.25) is 4.79 Å². The number of hydrogen-bond acceptors (Lipinski definition) is 2. The maximum Gasteiger partial charge on any atom is 0.146 e. The SMILES string of the molecule is CC1=C(C=O)[C@H](CC=O)CC1. The number of aldehydes is 2. The Kier molecular flexibility index (Phi) is 2.58. The van der Waals surface area contributed by atoms with E-state index in [-0.39, 0.29) is 5.92 Å². The van der Waals surface area contributed by atoms with Crippen molar-refractivity contribution in [2.45, 2.75) is 26.2 Å². The van der Waals surface area contributed by atoms with Crippen LogP contribution in [0.1, 0.15) is 26.2 Å². The summed E-state index contributed by atoms with van der Waals surface area (Å²) in [7, 11) is 0. The second-order valence-electron chi connectivity index (χ2n) is 2.99. The summed E-state index contributed by atoms with van der Waals surface area (Å²) in [4.78, 5) is 20.7. The Balaban J connectivity index is 2.71. The molecule has 0 fully saturated rings. The van der Waals surface area contributed by atoms with Crippen LogP contribution < -0.4 is 0 Å². The zero-order valence-corrected chi connectivity index (χ0v) is 6.67. The van der Waals surface area contributed by atoms with Crippen molar-refractivity contribution in [2.75, 3.05) is 0 Å². The Hall–Kier alpha value is -0.920. The van der Waals surface area contributed by atoms with Gasteiger partial charge in [-0.15, -0.1) is 0 Å². The highest BCUT2D eigenvalue weighted by Gasteiger charge is 2.21. The molecular weight excluding hydrogens is 140 g/mol. The maximum absolute atomic E-state index is 10.5. The Morgan fingerprint density at radius 3 is 2.82 bits per heavy atom. The zero-order chi connectivity index (χ0) is 8.27.